The van der Waals surface area contributed by atoms with Gasteiger partial charge in [-0.2, -0.15) is 4.99 Å². The Morgan fingerprint density at radius 3 is 2.59 bits per heavy atom. The van der Waals surface area contributed by atoms with Gasteiger partial charge in [0.2, 0.25) is 0 Å². The lowest BCUT2D eigenvalue weighted by atomic mass is 10.1. The molecule has 0 aliphatic heterocycles. The topological polar surface area (TPSA) is 64.4 Å². The zero-order valence-electron chi connectivity index (χ0n) is 9.12. The molecule has 92 valence electrons. The van der Waals surface area contributed by atoms with Crippen molar-refractivity contribution in [3.8, 4) is 0 Å². The molecule has 4 N–H and O–H groups in total. The van der Waals surface area contributed by atoms with Crippen LogP contribution >= 0.6 is 0 Å². The lowest BCUT2D eigenvalue weighted by Gasteiger charge is -2.06. The summed E-state index contributed by atoms with van der Waals surface area (Å²) in [6, 6.07) is 5.03. The molecule has 0 bridgehead atoms. The van der Waals surface area contributed by atoms with Gasteiger partial charge in [0.15, 0.2) is 0 Å². The maximum atomic E-state index is 11.8. The predicted molar refractivity (Wildman–Crippen MR) is 62.3 cm³/mol. The summed E-state index contributed by atoms with van der Waals surface area (Å²) in [7, 11) is 0. The molecule has 0 radical (unpaired) electrons. The van der Waals surface area contributed by atoms with Crippen LogP contribution in [0.4, 0.5) is 18.9 Å². The lowest BCUT2D eigenvalue weighted by Crippen LogP contribution is -2.03. The van der Waals surface area contributed by atoms with Crippen LogP contribution < -0.4 is 11.5 Å². The van der Waals surface area contributed by atoms with E-state index in [-0.39, 0.29) is 5.70 Å². The average molecular weight is 243 g/mol. The molecule has 0 amide bonds. The minimum atomic E-state index is -4.58. The van der Waals surface area contributed by atoms with Gasteiger partial charge in [0.1, 0.15) is 0 Å². The monoisotopic (exact) mass is 243 g/mol. The number of rotatable bonds is 2. The van der Waals surface area contributed by atoms with E-state index in [1.54, 1.807) is 25.1 Å². The standard InChI is InChI=1S/C11H12F3N3/c1-7-2-3-8(15)6-9(7)10(16)4-5-17-11(12,13)14/h2-6H,15-16H2,1H3/b10-4-,17-5+. The van der Waals surface area contributed by atoms with E-state index in [1.165, 1.54) is 0 Å². The summed E-state index contributed by atoms with van der Waals surface area (Å²) < 4.78 is 35.3. The van der Waals surface area contributed by atoms with Gasteiger partial charge in [-0.15, -0.1) is 13.2 Å². The molecular formula is C11H12F3N3. The lowest BCUT2D eigenvalue weighted by molar-refractivity contribution is -0.118. The summed E-state index contributed by atoms with van der Waals surface area (Å²) >= 11 is 0. The third-order valence-electron chi connectivity index (χ3n) is 2.05. The van der Waals surface area contributed by atoms with Crippen molar-refractivity contribution < 1.29 is 13.2 Å². The Labute approximate surface area is 96.6 Å². The highest BCUT2D eigenvalue weighted by Crippen LogP contribution is 2.18. The summed E-state index contributed by atoms with van der Waals surface area (Å²) in [5, 5.41) is 0. The van der Waals surface area contributed by atoms with Crippen molar-refractivity contribution in [2.45, 2.75) is 13.2 Å². The number of benzene rings is 1. The van der Waals surface area contributed by atoms with Gasteiger partial charge in [0, 0.05) is 23.2 Å². The predicted octanol–water partition coefficient (Wildman–Crippen LogP) is 2.47. The largest absolute Gasteiger partial charge is 0.503 e. The fourth-order valence-electron chi connectivity index (χ4n) is 1.24. The summed E-state index contributed by atoms with van der Waals surface area (Å²) in [6.07, 6.45) is -2.87. The number of hydrogen-bond donors (Lipinski definition) is 2. The number of hydrogen-bond acceptors (Lipinski definition) is 3. The Morgan fingerprint density at radius 1 is 1.35 bits per heavy atom. The first-order valence-electron chi connectivity index (χ1n) is 4.74. The van der Waals surface area contributed by atoms with Crippen LogP contribution in [0.2, 0.25) is 0 Å². The van der Waals surface area contributed by atoms with E-state index in [2.05, 4.69) is 4.99 Å². The van der Waals surface area contributed by atoms with Crippen LogP contribution in [0.3, 0.4) is 0 Å². The second-order valence-corrected chi connectivity index (χ2v) is 3.44. The summed E-state index contributed by atoms with van der Waals surface area (Å²) in [6.45, 7) is 1.79. The zero-order chi connectivity index (χ0) is 13.1. The summed E-state index contributed by atoms with van der Waals surface area (Å²) in [4.78, 5) is 2.36. The zero-order valence-corrected chi connectivity index (χ0v) is 9.12. The van der Waals surface area contributed by atoms with Crippen molar-refractivity contribution in [3.05, 3.63) is 35.4 Å². The van der Waals surface area contributed by atoms with Crippen molar-refractivity contribution in [2.24, 2.45) is 10.7 Å². The molecule has 1 aromatic rings. The van der Waals surface area contributed by atoms with Crippen LogP contribution in [0, 0.1) is 6.92 Å². The quantitative estimate of drug-likeness (QED) is 0.476. The molecule has 0 fully saturated rings. The summed E-state index contributed by atoms with van der Waals surface area (Å²) in [5.74, 6) is 0. The molecule has 1 aromatic carbocycles. The van der Waals surface area contributed by atoms with E-state index in [0.717, 1.165) is 11.6 Å². The fraction of sp³-hybridized carbons (Fsp3) is 0.182. The molecule has 0 saturated heterocycles. The number of allylic oxidation sites excluding steroid dienone is 1. The van der Waals surface area contributed by atoms with Crippen LogP contribution in [0.1, 0.15) is 11.1 Å². The minimum absolute atomic E-state index is 0.183. The van der Waals surface area contributed by atoms with Gasteiger partial charge in [-0.05, 0) is 30.7 Å². The maximum Gasteiger partial charge on any atom is 0.503 e. The molecular weight excluding hydrogens is 231 g/mol. The van der Waals surface area contributed by atoms with Gasteiger partial charge in [-0.3, -0.25) is 0 Å². The first kappa shape index (κ1) is 13.1. The Kier molecular flexibility index (Phi) is 3.77. The SMILES string of the molecule is Cc1ccc(N)cc1/C(N)=C/C=N/C(F)(F)F. The molecule has 0 aromatic heterocycles. The van der Waals surface area contributed by atoms with Crippen molar-refractivity contribution in [1.82, 2.24) is 0 Å². The third kappa shape index (κ3) is 4.18. The average Bonchev–Trinajstić information content (AvgIpc) is 2.19. The van der Waals surface area contributed by atoms with Crippen LogP contribution in [0.15, 0.2) is 29.3 Å². The molecule has 0 spiro atoms. The highest BCUT2D eigenvalue weighted by Gasteiger charge is 2.24. The van der Waals surface area contributed by atoms with Crippen molar-refractivity contribution in [1.29, 1.82) is 0 Å². The second kappa shape index (κ2) is 4.90. The number of halogens is 3. The van der Waals surface area contributed by atoms with Crippen LogP contribution in [0.25, 0.3) is 5.70 Å². The van der Waals surface area contributed by atoms with E-state index in [9.17, 15) is 13.2 Å². The van der Waals surface area contributed by atoms with Crippen molar-refractivity contribution >= 4 is 17.6 Å². The maximum absolute atomic E-state index is 11.8. The van der Waals surface area contributed by atoms with Gasteiger partial charge >= 0.3 is 6.30 Å². The molecule has 0 aliphatic rings. The van der Waals surface area contributed by atoms with Crippen LogP contribution in [0.5, 0.6) is 0 Å². The number of anilines is 1. The van der Waals surface area contributed by atoms with Gasteiger partial charge in [0.25, 0.3) is 0 Å². The van der Waals surface area contributed by atoms with Crippen LogP contribution in [-0.4, -0.2) is 12.5 Å². The molecule has 0 aliphatic carbocycles. The number of alkyl halides is 3. The molecule has 0 heterocycles. The van der Waals surface area contributed by atoms with Crippen molar-refractivity contribution in [3.63, 3.8) is 0 Å². The van der Waals surface area contributed by atoms with Gasteiger partial charge in [0.05, 0.1) is 0 Å². The van der Waals surface area contributed by atoms with E-state index in [1.807, 2.05) is 0 Å². The van der Waals surface area contributed by atoms with E-state index < -0.39 is 6.30 Å². The molecule has 0 saturated carbocycles. The third-order valence-corrected chi connectivity index (χ3v) is 2.05. The second-order valence-electron chi connectivity index (χ2n) is 3.44. The number of aliphatic imine (C=N–C) groups is 1. The van der Waals surface area contributed by atoms with E-state index >= 15 is 0 Å². The molecule has 3 nitrogen and oxygen atoms in total. The first-order valence-corrected chi connectivity index (χ1v) is 4.74. The van der Waals surface area contributed by atoms with Gasteiger partial charge in [-0.25, -0.2) is 0 Å². The Bertz CT molecular complexity index is 462. The van der Waals surface area contributed by atoms with Gasteiger partial charge in [-0.1, -0.05) is 6.07 Å². The number of nitrogens with two attached hydrogens (primary N) is 2. The fourth-order valence-corrected chi connectivity index (χ4v) is 1.24. The molecule has 17 heavy (non-hydrogen) atoms. The van der Waals surface area contributed by atoms with Crippen molar-refractivity contribution in [2.75, 3.05) is 5.73 Å². The highest BCUT2D eigenvalue weighted by atomic mass is 19.4. The highest BCUT2D eigenvalue weighted by molar-refractivity contribution is 5.84. The number of nitrogens with zero attached hydrogens (tertiary/aromatic N) is 1. The van der Waals surface area contributed by atoms with Crippen LogP contribution in [-0.2, 0) is 0 Å². The Morgan fingerprint density at radius 2 is 2.00 bits per heavy atom. The van der Waals surface area contributed by atoms with E-state index in [0.29, 0.717) is 17.5 Å². The first-order chi connectivity index (χ1) is 7.79. The van der Waals surface area contributed by atoms with E-state index in [4.69, 9.17) is 11.5 Å². The molecule has 0 unspecified atom stereocenters. The molecule has 0 atom stereocenters. The minimum Gasteiger partial charge on any atom is -0.399 e. The summed E-state index contributed by atoms with van der Waals surface area (Å²) in [5.41, 5.74) is 13.3. The molecule has 6 heteroatoms. The van der Waals surface area contributed by atoms with Gasteiger partial charge < -0.3 is 11.5 Å². The number of nitrogen functional groups attached to an aromatic ring is 1. The Hall–Kier alpha value is -1.98. The Balaban J connectivity index is 2.96. The number of aryl methyl sites for hydroxylation is 1. The smallest absolute Gasteiger partial charge is 0.399 e. The molecule has 1 rings (SSSR count). The normalized spacial score (nSPS) is 13.3.